The fraction of sp³-hybridized carbons (Fsp3) is 0.463. The van der Waals surface area contributed by atoms with E-state index in [0.717, 1.165) is 34.9 Å². The minimum absolute atomic E-state index is 0.136. The standard InChI is InChI=1S/C41H57N11O4S/c1-27(53)47-37(22-32-25-43-26-45-32)40(56)51-36(20-28-12-4-2-5-13-28)39(55)50-35(18-10-11-19-46-52-41(57)49-30-14-6-3-7-15-30)38(54)48-31(23-42)21-29-24-44-34-17-9-8-16-33(29)34/h2,4-5,8-9,12-13,16-17,24-26,30-31,35-37,44,46H,3,6-7,10-11,14-15,18-23,42H2,1H3,(H,43,45)(H,47,53)(H,48,54)(H,50,55)(H,51,56)(H2,49,52,57)/t31-,35-,36+,37-/m0/s1. The van der Waals surface area contributed by atoms with E-state index in [1.54, 1.807) is 6.20 Å². The molecule has 5 rings (SSSR count). The maximum atomic E-state index is 14.2. The predicted octanol–water partition coefficient (Wildman–Crippen LogP) is 2.31. The number of nitrogens with one attached hydrogen (secondary N) is 9. The molecule has 2 aromatic heterocycles. The first-order valence-corrected chi connectivity index (χ1v) is 20.3. The van der Waals surface area contributed by atoms with Crippen molar-refractivity contribution < 1.29 is 19.2 Å². The van der Waals surface area contributed by atoms with Crippen LogP contribution in [-0.2, 0) is 38.4 Å². The largest absolute Gasteiger partial charge is 0.361 e. The number of aromatic amines is 2. The minimum atomic E-state index is -1.06. The van der Waals surface area contributed by atoms with Crippen LogP contribution in [0.25, 0.3) is 10.9 Å². The molecule has 11 N–H and O–H groups in total. The van der Waals surface area contributed by atoms with Crippen molar-refractivity contribution in [3.05, 3.63) is 90.1 Å². The van der Waals surface area contributed by atoms with Crippen LogP contribution in [0.1, 0.15) is 75.1 Å². The van der Waals surface area contributed by atoms with Gasteiger partial charge in [-0.25, -0.2) is 10.4 Å². The maximum absolute atomic E-state index is 14.2. The highest BCUT2D eigenvalue weighted by Crippen LogP contribution is 2.19. The summed E-state index contributed by atoms with van der Waals surface area (Å²) in [6.07, 6.45) is 13.3. The van der Waals surface area contributed by atoms with Gasteiger partial charge in [0.25, 0.3) is 0 Å². The molecule has 1 aliphatic carbocycles. The lowest BCUT2D eigenvalue weighted by Gasteiger charge is -2.27. The Bertz CT molecular complexity index is 1880. The topological polar surface area (TPSA) is 223 Å². The van der Waals surface area contributed by atoms with Gasteiger partial charge in [0.2, 0.25) is 23.6 Å². The Balaban J connectivity index is 1.26. The molecule has 2 heterocycles. The van der Waals surface area contributed by atoms with E-state index in [4.69, 9.17) is 18.0 Å². The van der Waals surface area contributed by atoms with Gasteiger partial charge >= 0.3 is 0 Å². The van der Waals surface area contributed by atoms with Crippen molar-refractivity contribution in [2.24, 2.45) is 5.73 Å². The van der Waals surface area contributed by atoms with Crippen LogP contribution < -0.4 is 43.2 Å². The van der Waals surface area contributed by atoms with Crippen molar-refractivity contribution in [1.82, 2.24) is 52.4 Å². The Morgan fingerprint density at radius 2 is 1.53 bits per heavy atom. The van der Waals surface area contributed by atoms with Crippen molar-refractivity contribution >= 4 is 51.9 Å². The zero-order valence-electron chi connectivity index (χ0n) is 32.6. The first-order chi connectivity index (χ1) is 27.7. The molecular weight excluding hydrogens is 743 g/mol. The smallest absolute Gasteiger partial charge is 0.243 e. The van der Waals surface area contributed by atoms with Crippen molar-refractivity contribution in [3.63, 3.8) is 0 Å². The summed E-state index contributed by atoms with van der Waals surface area (Å²) in [5.41, 5.74) is 15.9. The van der Waals surface area contributed by atoms with Crippen LogP contribution >= 0.6 is 12.2 Å². The monoisotopic (exact) mass is 799 g/mol. The first-order valence-electron chi connectivity index (χ1n) is 19.9. The second-order valence-electron chi connectivity index (χ2n) is 14.7. The van der Waals surface area contributed by atoms with Crippen LogP contribution in [0.2, 0.25) is 0 Å². The van der Waals surface area contributed by atoms with Gasteiger partial charge < -0.3 is 42.3 Å². The van der Waals surface area contributed by atoms with Crippen molar-refractivity contribution in [2.45, 2.75) is 108 Å². The highest BCUT2D eigenvalue weighted by atomic mass is 32.1. The van der Waals surface area contributed by atoms with E-state index in [1.807, 2.05) is 60.8 Å². The molecule has 0 unspecified atom stereocenters. The summed E-state index contributed by atoms with van der Waals surface area (Å²) in [6.45, 7) is 2.09. The number of carbonyl (C=O) groups is 4. The summed E-state index contributed by atoms with van der Waals surface area (Å²) in [4.78, 5) is 64.3. The summed E-state index contributed by atoms with van der Waals surface area (Å²) in [5, 5.41) is 16.6. The molecule has 1 saturated carbocycles. The Labute approximate surface area is 339 Å². The molecule has 57 heavy (non-hydrogen) atoms. The zero-order valence-corrected chi connectivity index (χ0v) is 33.4. The van der Waals surface area contributed by atoms with Crippen LogP contribution in [0.15, 0.2) is 73.3 Å². The van der Waals surface area contributed by atoms with Crippen molar-refractivity contribution in [2.75, 3.05) is 13.1 Å². The van der Waals surface area contributed by atoms with E-state index in [-0.39, 0.29) is 25.3 Å². The quantitative estimate of drug-likeness (QED) is 0.0337. The maximum Gasteiger partial charge on any atom is 0.243 e. The van der Waals surface area contributed by atoms with E-state index in [0.29, 0.717) is 49.1 Å². The lowest BCUT2D eigenvalue weighted by atomic mass is 9.96. The van der Waals surface area contributed by atoms with Gasteiger partial charge in [-0.1, -0.05) is 67.8 Å². The molecule has 2 aromatic carbocycles. The van der Waals surface area contributed by atoms with Gasteiger partial charge in [-0.15, -0.1) is 0 Å². The lowest BCUT2D eigenvalue weighted by molar-refractivity contribution is -0.133. The van der Waals surface area contributed by atoms with Crippen LogP contribution in [0, 0.1) is 0 Å². The van der Waals surface area contributed by atoms with Crippen molar-refractivity contribution in [1.29, 1.82) is 0 Å². The highest BCUT2D eigenvalue weighted by molar-refractivity contribution is 7.80. The summed E-state index contributed by atoms with van der Waals surface area (Å²) < 4.78 is 0. The average Bonchev–Trinajstić information content (AvgIpc) is 3.88. The lowest BCUT2D eigenvalue weighted by Crippen LogP contribution is -2.58. The van der Waals surface area contributed by atoms with E-state index in [2.05, 4.69) is 52.4 Å². The molecule has 0 spiro atoms. The van der Waals surface area contributed by atoms with Crippen molar-refractivity contribution in [3.8, 4) is 0 Å². The van der Waals surface area contributed by atoms with E-state index < -0.39 is 41.9 Å². The number of carbonyl (C=O) groups excluding carboxylic acids is 4. The third-order valence-electron chi connectivity index (χ3n) is 10.2. The number of fused-ring (bicyclic) bond motifs is 1. The molecule has 306 valence electrons. The molecule has 4 amide bonds. The van der Waals surface area contributed by atoms with Crippen LogP contribution in [0.4, 0.5) is 0 Å². The minimum Gasteiger partial charge on any atom is -0.361 e. The second-order valence-corrected chi connectivity index (χ2v) is 15.1. The zero-order chi connectivity index (χ0) is 40.4. The number of benzene rings is 2. The van der Waals surface area contributed by atoms with Gasteiger partial charge in [0.1, 0.15) is 18.1 Å². The Morgan fingerprint density at radius 1 is 0.825 bits per heavy atom. The summed E-state index contributed by atoms with van der Waals surface area (Å²) in [5.74, 6) is -1.85. The number of hydrogen-bond donors (Lipinski definition) is 10. The normalized spacial score (nSPS) is 15.1. The number of hydrazine groups is 1. The Hall–Kier alpha value is -5.32. The molecule has 0 aliphatic heterocycles. The molecule has 0 saturated heterocycles. The number of imidazole rings is 1. The number of nitrogens with two attached hydrogens (primary N) is 1. The number of H-pyrrole nitrogens is 2. The van der Waals surface area contributed by atoms with E-state index >= 15 is 0 Å². The SMILES string of the molecule is CC(=O)N[C@@H](Cc1cnc[nH]1)C(=O)N[C@H](Cc1ccccc1)C(=O)N[C@@H](CCCCNNC(=S)NC1CCCCC1)C(=O)N[C@H](CN)Cc1c[nH]c2ccccc12. The van der Waals surface area contributed by atoms with Crippen LogP contribution in [0.3, 0.4) is 0 Å². The summed E-state index contributed by atoms with van der Waals surface area (Å²) >= 11 is 5.47. The number of rotatable bonds is 21. The van der Waals surface area contributed by atoms with Gasteiger partial charge in [0.15, 0.2) is 5.11 Å². The third kappa shape index (κ3) is 14.0. The molecule has 1 fully saturated rings. The fourth-order valence-electron chi connectivity index (χ4n) is 7.18. The Kier molecular flexibility index (Phi) is 16.8. The molecular formula is C41H57N11O4S. The van der Waals surface area contributed by atoms with Gasteiger partial charge in [-0.3, -0.25) is 24.6 Å². The number of amides is 4. The number of aromatic nitrogens is 3. The third-order valence-corrected chi connectivity index (χ3v) is 10.4. The van der Waals surface area contributed by atoms with Crippen LogP contribution in [0.5, 0.6) is 0 Å². The number of hydrogen-bond acceptors (Lipinski definition) is 8. The molecule has 0 radical (unpaired) electrons. The molecule has 4 aromatic rings. The van der Waals surface area contributed by atoms with Gasteiger partial charge in [-0.05, 0) is 67.9 Å². The highest BCUT2D eigenvalue weighted by Gasteiger charge is 2.31. The number of unbranched alkanes of at least 4 members (excludes halogenated alkanes) is 1. The van der Waals surface area contributed by atoms with Gasteiger partial charge in [-0.2, -0.15) is 0 Å². The van der Waals surface area contributed by atoms with E-state index in [9.17, 15) is 19.2 Å². The Morgan fingerprint density at radius 3 is 2.25 bits per heavy atom. The second kappa shape index (κ2) is 22.4. The molecule has 15 nitrogen and oxygen atoms in total. The first kappa shape index (κ1) is 42.8. The average molecular weight is 800 g/mol. The van der Waals surface area contributed by atoms with Gasteiger partial charge in [0, 0.05) is 73.9 Å². The predicted molar refractivity (Wildman–Crippen MR) is 224 cm³/mol. The molecule has 1 aliphatic rings. The number of thiocarbonyl (C=S) groups is 1. The fourth-order valence-corrected chi connectivity index (χ4v) is 7.42. The molecule has 0 bridgehead atoms. The molecule has 16 heteroatoms. The van der Waals surface area contributed by atoms with Gasteiger partial charge in [0.05, 0.1) is 6.33 Å². The van der Waals surface area contributed by atoms with E-state index in [1.165, 1.54) is 32.5 Å². The van der Waals surface area contributed by atoms with Crippen LogP contribution in [-0.4, -0.2) is 87.0 Å². The number of nitrogens with zero attached hydrogens (tertiary/aromatic N) is 1. The number of para-hydroxylation sites is 1. The summed E-state index contributed by atoms with van der Waals surface area (Å²) in [7, 11) is 0. The molecule has 4 atom stereocenters. The summed E-state index contributed by atoms with van der Waals surface area (Å²) in [6, 6.07) is 14.2.